The molecule has 0 aliphatic heterocycles. The number of anilines is 1. The topological polar surface area (TPSA) is 90.5 Å². The van der Waals surface area contributed by atoms with Gasteiger partial charge >= 0.3 is 0 Å². The summed E-state index contributed by atoms with van der Waals surface area (Å²) in [6.07, 6.45) is 4.61. The lowest BCUT2D eigenvalue weighted by molar-refractivity contribution is -0.113. The number of benzene rings is 2. The number of halogens is 1. The summed E-state index contributed by atoms with van der Waals surface area (Å²) in [5.41, 5.74) is 3.33. The van der Waals surface area contributed by atoms with Crippen molar-refractivity contribution in [3.8, 4) is 11.4 Å². The molecule has 29 heavy (non-hydrogen) atoms. The molecule has 1 N–H and O–H groups in total. The summed E-state index contributed by atoms with van der Waals surface area (Å²) in [7, 11) is 0. The highest BCUT2D eigenvalue weighted by molar-refractivity contribution is 7.99. The van der Waals surface area contributed by atoms with Crippen molar-refractivity contribution in [3.05, 3.63) is 72.0 Å². The third kappa shape index (κ3) is 4.47. The smallest absolute Gasteiger partial charge is 0.234 e. The van der Waals surface area contributed by atoms with Gasteiger partial charge in [0, 0.05) is 10.7 Å². The molecule has 0 bridgehead atoms. The molecule has 1 amide bonds. The quantitative estimate of drug-likeness (QED) is 0.475. The van der Waals surface area contributed by atoms with Gasteiger partial charge in [-0.15, -0.1) is 10.2 Å². The molecular formula is C19H16ClN7OS. The Kier molecular flexibility index (Phi) is 5.59. The number of rotatable bonds is 6. The third-order valence-corrected chi connectivity index (χ3v) is 5.24. The Hall–Kier alpha value is -3.17. The van der Waals surface area contributed by atoms with Crippen LogP contribution in [0.15, 0.2) is 66.6 Å². The first-order chi connectivity index (χ1) is 14.1. The molecule has 8 nitrogen and oxygen atoms in total. The first-order valence-electron chi connectivity index (χ1n) is 8.64. The summed E-state index contributed by atoms with van der Waals surface area (Å²) >= 11 is 7.39. The van der Waals surface area contributed by atoms with Crippen molar-refractivity contribution < 1.29 is 4.79 Å². The molecule has 2 aromatic heterocycles. The van der Waals surface area contributed by atoms with Crippen LogP contribution in [0.2, 0.25) is 5.02 Å². The standard InChI is InChI=1S/C19H16ClN7OS/c1-13-2-5-15(6-3-13)26-12-22-25-19(26)29-9-18(28)24-16-8-14(20)4-7-17(16)27-11-21-10-23-27/h2-8,10-12H,9H2,1H3,(H,24,28). The summed E-state index contributed by atoms with van der Waals surface area (Å²) in [5, 5.41) is 16.2. The van der Waals surface area contributed by atoms with E-state index in [1.807, 2.05) is 35.8 Å². The van der Waals surface area contributed by atoms with E-state index in [0.29, 0.717) is 21.6 Å². The number of nitrogens with one attached hydrogen (secondary N) is 1. The Bertz CT molecular complexity index is 1130. The van der Waals surface area contributed by atoms with Crippen molar-refractivity contribution >= 4 is 35.0 Å². The van der Waals surface area contributed by atoms with E-state index in [1.165, 1.54) is 23.7 Å². The number of hydrogen-bond donors (Lipinski definition) is 1. The molecule has 146 valence electrons. The Labute approximate surface area is 175 Å². The number of carbonyl (C=O) groups excluding carboxylic acids is 1. The van der Waals surface area contributed by atoms with Gasteiger partial charge in [0.1, 0.15) is 19.0 Å². The van der Waals surface area contributed by atoms with Crippen LogP contribution in [0, 0.1) is 6.92 Å². The lowest BCUT2D eigenvalue weighted by atomic mass is 10.2. The molecule has 0 unspecified atom stereocenters. The lowest BCUT2D eigenvalue weighted by Gasteiger charge is -2.11. The second kappa shape index (κ2) is 8.46. The summed E-state index contributed by atoms with van der Waals surface area (Å²) in [4.78, 5) is 16.5. The maximum Gasteiger partial charge on any atom is 0.234 e. The highest BCUT2D eigenvalue weighted by Gasteiger charge is 2.13. The molecule has 0 aliphatic rings. The zero-order valence-corrected chi connectivity index (χ0v) is 16.9. The zero-order valence-electron chi connectivity index (χ0n) is 15.4. The molecular weight excluding hydrogens is 410 g/mol. The number of amides is 1. The van der Waals surface area contributed by atoms with Crippen LogP contribution in [-0.4, -0.2) is 41.2 Å². The molecule has 0 radical (unpaired) electrons. The summed E-state index contributed by atoms with van der Waals surface area (Å²) in [6.45, 7) is 2.03. The molecule has 2 aromatic carbocycles. The van der Waals surface area contributed by atoms with Gasteiger partial charge in [0.25, 0.3) is 0 Å². The number of carbonyl (C=O) groups is 1. The van der Waals surface area contributed by atoms with Crippen molar-refractivity contribution in [1.82, 2.24) is 29.5 Å². The first kappa shape index (κ1) is 19.2. The molecule has 0 fully saturated rings. The van der Waals surface area contributed by atoms with E-state index >= 15 is 0 Å². The van der Waals surface area contributed by atoms with Gasteiger partial charge < -0.3 is 5.32 Å². The van der Waals surface area contributed by atoms with E-state index in [0.717, 1.165) is 5.69 Å². The zero-order chi connectivity index (χ0) is 20.2. The maximum absolute atomic E-state index is 12.6. The van der Waals surface area contributed by atoms with Gasteiger partial charge in [0.2, 0.25) is 5.91 Å². The van der Waals surface area contributed by atoms with Gasteiger partial charge in [-0.05, 0) is 37.3 Å². The van der Waals surface area contributed by atoms with Crippen LogP contribution in [0.3, 0.4) is 0 Å². The molecule has 0 atom stereocenters. The predicted octanol–water partition coefficient (Wildman–Crippen LogP) is 3.54. The van der Waals surface area contributed by atoms with Gasteiger partial charge in [-0.25, -0.2) is 9.67 Å². The second-order valence-corrected chi connectivity index (χ2v) is 7.54. The fourth-order valence-electron chi connectivity index (χ4n) is 2.66. The predicted molar refractivity (Wildman–Crippen MR) is 112 cm³/mol. The van der Waals surface area contributed by atoms with Gasteiger partial charge in [-0.1, -0.05) is 41.1 Å². The second-order valence-electron chi connectivity index (χ2n) is 6.16. The minimum Gasteiger partial charge on any atom is -0.323 e. The number of thioether (sulfide) groups is 1. The lowest BCUT2D eigenvalue weighted by Crippen LogP contribution is -2.16. The average molecular weight is 426 g/mol. The molecule has 0 saturated carbocycles. The largest absolute Gasteiger partial charge is 0.323 e. The number of nitrogens with zero attached hydrogens (tertiary/aromatic N) is 6. The van der Waals surface area contributed by atoms with E-state index in [9.17, 15) is 4.79 Å². The minimum absolute atomic E-state index is 0.161. The van der Waals surface area contributed by atoms with Crippen molar-refractivity contribution in [2.75, 3.05) is 11.1 Å². The van der Waals surface area contributed by atoms with Gasteiger partial charge in [0.15, 0.2) is 5.16 Å². The number of hydrogen-bond acceptors (Lipinski definition) is 6. The fourth-order valence-corrected chi connectivity index (χ4v) is 3.56. The maximum atomic E-state index is 12.6. The third-order valence-electron chi connectivity index (χ3n) is 4.06. The molecule has 4 rings (SSSR count). The van der Waals surface area contributed by atoms with E-state index in [4.69, 9.17) is 11.6 Å². The monoisotopic (exact) mass is 425 g/mol. The Morgan fingerprint density at radius 2 is 2.00 bits per heavy atom. The van der Waals surface area contributed by atoms with Crippen LogP contribution in [-0.2, 0) is 4.79 Å². The average Bonchev–Trinajstić information content (AvgIpc) is 3.39. The van der Waals surface area contributed by atoms with Crippen molar-refractivity contribution in [3.63, 3.8) is 0 Å². The summed E-state index contributed by atoms with van der Waals surface area (Å²) in [5.74, 6) is -0.0366. The highest BCUT2D eigenvalue weighted by Crippen LogP contribution is 2.25. The van der Waals surface area contributed by atoms with E-state index < -0.39 is 0 Å². The summed E-state index contributed by atoms with van der Waals surface area (Å²) in [6, 6.07) is 13.2. The summed E-state index contributed by atoms with van der Waals surface area (Å²) < 4.78 is 3.41. The normalized spacial score (nSPS) is 10.8. The van der Waals surface area contributed by atoms with Gasteiger partial charge in [-0.3, -0.25) is 9.36 Å². The Morgan fingerprint density at radius 1 is 1.17 bits per heavy atom. The van der Waals surface area contributed by atoms with Crippen LogP contribution in [0.1, 0.15) is 5.56 Å². The fraction of sp³-hybridized carbons (Fsp3) is 0.105. The van der Waals surface area contributed by atoms with Crippen LogP contribution in [0.4, 0.5) is 5.69 Å². The first-order valence-corrected chi connectivity index (χ1v) is 10.0. The Balaban J connectivity index is 1.47. The van der Waals surface area contributed by atoms with Crippen LogP contribution in [0.5, 0.6) is 0 Å². The van der Waals surface area contributed by atoms with Gasteiger partial charge in [-0.2, -0.15) is 5.10 Å². The molecule has 10 heteroatoms. The van der Waals surface area contributed by atoms with Crippen molar-refractivity contribution in [1.29, 1.82) is 0 Å². The number of aromatic nitrogens is 6. The van der Waals surface area contributed by atoms with E-state index in [-0.39, 0.29) is 11.7 Å². The molecule has 4 aromatic rings. The minimum atomic E-state index is -0.197. The van der Waals surface area contributed by atoms with Crippen LogP contribution < -0.4 is 5.32 Å². The molecule has 0 spiro atoms. The van der Waals surface area contributed by atoms with Gasteiger partial charge in [0.05, 0.1) is 17.1 Å². The van der Waals surface area contributed by atoms with Crippen LogP contribution in [0.25, 0.3) is 11.4 Å². The van der Waals surface area contributed by atoms with E-state index in [2.05, 4.69) is 25.6 Å². The number of aryl methyl sites for hydroxylation is 1. The van der Waals surface area contributed by atoms with E-state index in [1.54, 1.807) is 35.5 Å². The SMILES string of the molecule is Cc1ccc(-n2cnnc2SCC(=O)Nc2cc(Cl)ccc2-n2cncn2)cc1. The highest BCUT2D eigenvalue weighted by atomic mass is 35.5. The Morgan fingerprint density at radius 3 is 2.76 bits per heavy atom. The van der Waals surface area contributed by atoms with Crippen molar-refractivity contribution in [2.24, 2.45) is 0 Å². The van der Waals surface area contributed by atoms with Crippen LogP contribution >= 0.6 is 23.4 Å². The molecule has 2 heterocycles. The van der Waals surface area contributed by atoms with Crippen molar-refractivity contribution in [2.45, 2.75) is 12.1 Å². The molecule has 0 saturated heterocycles. The molecule has 0 aliphatic carbocycles.